The minimum atomic E-state index is -4.87. The Morgan fingerprint density at radius 1 is 1.41 bits per heavy atom. The van der Waals surface area contributed by atoms with Gasteiger partial charge in [-0.1, -0.05) is 17.7 Å². The molecule has 0 fully saturated rings. The molecule has 17 heavy (non-hydrogen) atoms. The van der Waals surface area contributed by atoms with Crippen LogP contribution < -0.4 is 10.1 Å². The first-order valence-electron chi connectivity index (χ1n) is 4.63. The summed E-state index contributed by atoms with van der Waals surface area (Å²) in [4.78, 5) is 10.4. The molecule has 0 saturated carbocycles. The topological polar surface area (TPSA) is 38.3 Å². The van der Waals surface area contributed by atoms with E-state index in [1.54, 1.807) is 23.5 Å². The first-order valence-corrected chi connectivity index (χ1v) is 5.01. The molecule has 0 aliphatic rings. The fraction of sp³-hybridized carbons (Fsp3) is 0.300. The predicted octanol–water partition coefficient (Wildman–Crippen LogP) is 2.40. The lowest BCUT2D eigenvalue weighted by Crippen LogP contribution is -2.38. The van der Waals surface area contributed by atoms with Crippen LogP contribution in [0, 0.1) is 0 Å². The first kappa shape index (κ1) is 13.6. The number of ether oxygens (including phenoxy) is 1. The summed E-state index contributed by atoms with van der Waals surface area (Å²) in [5.74, 6) is -1.55. The third-order valence-electron chi connectivity index (χ3n) is 1.71. The maximum atomic E-state index is 11.8. The van der Waals surface area contributed by atoms with Crippen molar-refractivity contribution >= 4 is 17.5 Å². The summed E-state index contributed by atoms with van der Waals surface area (Å²) in [6.07, 6.45) is -4.87. The molecule has 0 radical (unpaired) electrons. The molecule has 7 heteroatoms. The van der Waals surface area contributed by atoms with Crippen molar-refractivity contribution in [1.29, 1.82) is 0 Å². The van der Waals surface area contributed by atoms with E-state index in [-0.39, 0.29) is 13.2 Å². The van der Waals surface area contributed by atoms with Crippen molar-refractivity contribution in [1.82, 2.24) is 5.32 Å². The minimum absolute atomic E-state index is 0.0673. The Morgan fingerprint density at radius 3 is 2.71 bits per heavy atom. The maximum absolute atomic E-state index is 11.8. The predicted molar refractivity (Wildman–Crippen MR) is 56.0 cm³/mol. The number of nitrogens with one attached hydrogen (secondary N) is 1. The monoisotopic (exact) mass is 267 g/mol. The number of hydrogen-bond donors (Lipinski definition) is 1. The molecule has 0 unspecified atom stereocenters. The van der Waals surface area contributed by atoms with Gasteiger partial charge in [0.05, 0.1) is 6.54 Å². The van der Waals surface area contributed by atoms with Gasteiger partial charge in [-0.05, 0) is 18.2 Å². The Morgan fingerprint density at radius 2 is 2.12 bits per heavy atom. The van der Waals surface area contributed by atoms with Crippen LogP contribution in [0.3, 0.4) is 0 Å². The molecular weight excluding hydrogens is 259 g/mol. The summed E-state index contributed by atoms with van der Waals surface area (Å²) in [6, 6.07) is 6.41. The van der Waals surface area contributed by atoms with Crippen molar-refractivity contribution < 1.29 is 22.7 Å². The molecule has 1 N–H and O–H groups in total. The van der Waals surface area contributed by atoms with Crippen LogP contribution in [0.1, 0.15) is 0 Å². The summed E-state index contributed by atoms with van der Waals surface area (Å²) >= 11 is 5.67. The SMILES string of the molecule is O=C(NCCOc1cccc(Cl)c1)C(F)(F)F. The second-order valence-electron chi connectivity index (χ2n) is 3.06. The highest BCUT2D eigenvalue weighted by Gasteiger charge is 2.38. The van der Waals surface area contributed by atoms with Crippen molar-refractivity contribution in [3.05, 3.63) is 29.3 Å². The van der Waals surface area contributed by atoms with Crippen LogP contribution >= 0.6 is 11.6 Å². The molecule has 1 aromatic rings. The zero-order chi connectivity index (χ0) is 12.9. The maximum Gasteiger partial charge on any atom is 0.471 e. The van der Waals surface area contributed by atoms with Gasteiger partial charge in [-0.15, -0.1) is 0 Å². The quantitative estimate of drug-likeness (QED) is 0.851. The molecular formula is C10H9ClF3NO2. The molecule has 1 aromatic carbocycles. The molecule has 0 saturated heterocycles. The molecule has 0 aliphatic heterocycles. The van der Waals surface area contributed by atoms with Gasteiger partial charge in [0.1, 0.15) is 12.4 Å². The van der Waals surface area contributed by atoms with E-state index < -0.39 is 12.1 Å². The van der Waals surface area contributed by atoms with Crippen LogP contribution in [0.5, 0.6) is 5.75 Å². The van der Waals surface area contributed by atoms with Crippen LogP contribution in [0.4, 0.5) is 13.2 Å². The molecule has 0 heterocycles. The average molecular weight is 268 g/mol. The van der Waals surface area contributed by atoms with E-state index in [0.717, 1.165) is 0 Å². The van der Waals surface area contributed by atoms with Gasteiger partial charge < -0.3 is 10.1 Å². The molecule has 0 spiro atoms. The zero-order valence-corrected chi connectivity index (χ0v) is 9.31. The van der Waals surface area contributed by atoms with Gasteiger partial charge in [0, 0.05) is 5.02 Å². The molecule has 1 amide bonds. The third kappa shape index (κ3) is 4.95. The number of alkyl halides is 3. The van der Waals surface area contributed by atoms with Gasteiger partial charge in [0.25, 0.3) is 0 Å². The van der Waals surface area contributed by atoms with Gasteiger partial charge >= 0.3 is 12.1 Å². The highest BCUT2D eigenvalue weighted by Crippen LogP contribution is 2.17. The van der Waals surface area contributed by atoms with Crippen LogP contribution in [0.25, 0.3) is 0 Å². The van der Waals surface area contributed by atoms with E-state index in [1.807, 2.05) is 0 Å². The second-order valence-corrected chi connectivity index (χ2v) is 3.50. The summed E-state index contributed by atoms with van der Waals surface area (Å²) in [6.45, 7) is -0.299. The normalized spacial score (nSPS) is 11.1. The smallest absolute Gasteiger partial charge is 0.471 e. The molecule has 94 valence electrons. The van der Waals surface area contributed by atoms with Crippen molar-refractivity contribution in [3.63, 3.8) is 0 Å². The number of carbonyl (C=O) groups is 1. The highest BCUT2D eigenvalue weighted by molar-refractivity contribution is 6.30. The first-order chi connectivity index (χ1) is 7.89. The highest BCUT2D eigenvalue weighted by atomic mass is 35.5. The van der Waals surface area contributed by atoms with Crippen LogP contribution in [0.2, 0.25) is 5.02 Å². The molecule has 0 aliphatic carbocycles. The summed E-state index contributed by atoms with van der Waals surface area (Å²) in [5.41, 5.74) is 0. The van der Waals surface area contributed by atoms with E-state index in [4.69, 9.17) is 16.3 Å². The molecule has 0 atom stereocenters. The summed E-state index contributed by atoms with van der Waals surface area (Å²) in [5, 5.41) is 2.15. The van der Waals surface area contributed by atoms with Gasteiger partial charge in [0.2, 0.25) is 0 Å². The number of rotatable bonds is 4. The number of halogens is 4. The fourth-order valence-electron chi connectivity index (χ4n) is 0.990. The van der Waals surface area contributed by atoms with Crippen LogP contribution in [-0.4, -0.2) is 25.2 Å². The van der Waals surface area contributed by atoms with Crippen molar-refractivity contribution in [3.8, 4) is 5.75 Å². The van der Waals surface area contributed by atoms with E-state index in [9.17, 15) is 18.0 Å². The number of amides is 1. The molecule has 0 aromatic heterocycles. The van der Waals surface area contributed by atoms with Crippen LogP contribution in [-0.2, 0) is 4.79 Å². The number of carbonyl (C=O) groups excluding carboxylic acids is 1. The second kappa shape index (κ2) is 5.77. The van der Waals surface area contributed by atoms with Crippen LogP contribution in [0.15, 0.2) is 24.3 Å². The average Bonchev–Trinajstić information content (AvgIpc) is 2.23. The Balaban J connectivity index is 2.28. The van der Waals surface area contributed by atoms with Gasteiger partial charge in [-0.3, -0.25) is 4.79 Å². The largest absolute Gasteiger partial charge is 0.492 e. The van der Waals surface area contributed by atoms with Crippen molar-refractivity contribution in [2.75, 3.05) is 13.2 Å². The molecule has 0 bridgehead atoms. The van der Waals surface area contributed by atoms with Crippen molar-refractivity contribution in [2.24, 2.45) is 0 Å². The van der Waals surface area contributed by atoms with E-state index >= 15 is 0 Å². The third-order valence-corrected chi connectivity index (χ3v) is 1.94. The van der Waals surface area contributed by atoms with Gasteiger partial charge in [-0.25, -0.2) is 0 Å². The lowest BCUT2D eigenvalue weighted by Gasteiger charge is -2.09. The number of hydrogen-bond acceptors (Lipinski definition) is 2. The van der Waals surface area contributed by atoms with Gasteiger partial charge in [0.15, 0.2) is 0 Å². The van der Waals surface area contributed by atoms with E-state index in [0.29, 0.717) is 10.8 Å². The zero-order valence-electron chi connectivity index (χ0n) is 8.55. The lowest BCUT2D eigenvalue weighted by molar-refractivity contribution is -0.173. The molecule has 1 rings (SSSR count). The Bertz CT molecular complexity index is 395. The summed E-state index contributed by atoms with van der Waals surface area (Å²) < 4.78 is 40.4. The fourth-order valence-corrected chi connectivity index (χ4v) is 1.17. The molecule has 3 nitrogen and oxygen atoms in total. The minimum Gasteiger partial charge on any atom is -0.492 e. The van der Waals surface area contributed by atoms with Gasteiger partial charge in [-0.2, -0.15) is 13.2 Å². The number of benzene rings is 1. The Hall–Kier alpha value is -1.43. The summed E-state index contributed by atoms with van der Waals surface area (Å²) in [7, 11) is 0. The Kier molecular flexibility index (Phi) is 4.62. The van der Waals surface area contributed by atoms with E-state index in [1.165, 1.54) is 6.07 Å². The lowest BCUT2D eigenvalue weighted by atomic mass is 10.3. The Labute approximate surface area is 101 Å². The standard InChI is InChI=1S/C10H9ClF3NO2/c11-7-2-1-3-8(6-7)17-5-4-15-9(16)10(12,13)14/h1-3,6H,4-5H2,(H,15,16). The van der Waals surface area contributed by atoms with Crippen molar-refractivity contribution in [2.45, 2.75) is 6.18 Å². The van der Waals surface area contributed by atoms with E-state index in [2.05, 4.69) is 0 Å².